The van der Waals surface area contributed by atoms with Crippen molar-refractivity contribution >= 4 is 35.6 Å². The Labute approximate surface area is 176 Å². The van der Waals surface area contributed by atoms with Crippen LogP contribution in [0.4, 0.5) is 0 Å². The van der Waals surface area contributed by atoms with E-state index in [1.165, 1.54) is 4.90 Å². The number of rotatable bonds is 12. The second kappa shape index (κ2) is 11.8. The zero-order valence-electron chi connectivity index (χ0n) is 16.7. The summed E-state index contributed by atoms with van der Waals surface area (Å²) in [5, 5.41) is 31.3. The number of aliphatic hydroxyl groups excluding tert-OH is 1. The van der Waals surface area contributed by atoms with Crippen LogP contribution in [0.25, 0.3) is 0 Å². The lowest BCUT2D eigenvalue weighted by Crippen LogP contribution is -2.57. The third-order valence-corrected chi connectivity index (χ3v) is 4.66. The maximum atomic E-state index is 12.7. The smallest absolute Gasteiger partial charge is 0.326 e. The van der Waals surface area contributed by atoms with Crippen LogP contribution >= 0.6 is 0 Å². The van der Waals surface area contributed by atoms with Crippen molar-refractivity contribution in [3.8, 4) is 0 Å². The van der Waals surface area contributed by atoms with Gasteiger partial charge in [0.2, 0.25) is 23.6 Å². The monoisotopic (exact) mass is 445 g/mol. The number of primary amides is 1. The van der Waals surface area contributed by atoms with Gasteiger partial charge in [-0.3, -0.25) is 24.0 Å². The molecule has 14 nitrogen and oxygen atoms in total. The van der Waals surface area contributed by atoms with Gasteiger partial charge in [0.05, 0.1) is 13.0 Å². The Morgan fingerprint density at radius 3 is 2.23 bits per heavy atom. The van der Waals surface area contributed by atoms with E-state index in [0.717, 1.165) is 0 Å². The number of nitrogens with one attached hydrogen (secondary N) is 2. The van der Waals surface area contributed by atoms with Crippen LogP contribution in [0.1, 0.15) is 32.1 Å². The first-order valence-electron chi connectivity index (χ1n) is 9.48. The Balaban J connectivity index is 2.94. The van der Waals surface area contributed by atoms with E-state index in [2.05, 4.69) is 5.32 Å². The molecule has 0 bridgehead atoms. The fourth-order valence-electron chi connectivity index (χ4n) is 3.06. The van der Waals surface area contributed by atoms with Gasteiger partial charge >= 0.3 is 11.9 Å². The number of aliphatic carboxylic acids is 2. The van der Waals surface area contributed by atoms with E-state index in [-0.39, 0.29) is 25.8 Å². The zero-order valence-corrected chi connectivity index (χ0v) is 16.7. The summed E-state index contributed by atoms with van der Waals surface area (Å²) in [4.78, 5) is 71.7. The van der Waals surface area contributed by atoms with E-state index < -0.39 is 72.8 Å². The quantitative estimate of drug-likeness (QED) is 0.154. The average molecular weight is 445 g/mol. The number of aliphatic hydroxyl groups is 1. The summed E-state index contributed by atoms with van der Waals surface area (Å²) >= 11 is 0. The molecule has 0 saturated carbocycles. The number of hydrogen-bond donors (Lipinski definition) is 7. The number of carbonyl (C=O) groups is 6. The van der Waals surface area contributed by atoms with E-state index in [4.69, 9.17) is 26.8 Å². The van der Waals surface area contributed by atoms with E-state index in [1.807, 2.05) is 5.32 Å². The van der Waals surface area contributed by atoms with Crippen molar-refractivity contribution in [1.29, 1.82) is 0 Å². The number of hydrogen-bond acceptors (Lipinski definition) is 8. The Morgan fingerprint density at radius 2 is 1.71 bits per heavy atom. The molecule has 31 heavy (non-hydrogen) atoms. The Bertz CT molecular complexity index is 729. The summed E-state index contributed by atoms with van der Waals surface area (Å²) in [6.45, 7) is -0.407. The molecule has 4 atom stereocenters. The minimum absolute atomic E-state index is 0.211. The SMILES string of the molecule is NC(=O)CCC(NC(=O)C1CCCN1C(=O)C(N)CO)C(=O)NC(CC(=O)O)C(=O)O. The van der Waals surface area contributed by atoms with Crippen LogP contribution in [0.2, 0.25) is 0 Å². The van der Waals surface area contributed by atoms with Crippen LogP contribution in [0.5, 0.6) is 0 Å². The molecule has 1 heterocycles. The first kappa shape index (κ1) is 25.8. The van der Waals surface area contributed by atoms with Gasteiger partial charge in [-0.25, -0.2) is 4.79 Å². The Kier molecular flexibility index (Phi) is 9.82. The molecule has 0 radical (unpaired) electrons. The molecule has 1 saturated heterocycles. The van der Waals surface area contributed by atoms with E-state index in [0.29, 0.717) is 6.42 Å². The molecule has 4 unspecified atom stereocenters. The lowest BCUT2D eigenvalue weighted by molar-refractivity contribution is -0.147. The van der Waals surface area contributed by atoms with Gasteiger partial charge < -0.3 is 42.3 Å². The number of carbonyl (C=O) groups excluding carboxylic acids is 4. The number of nitrogens with two attached hydrogens (primary N) is 2. The van der Waals surface area contributed by atoms with E-state index in [9.17, 15) is 28.8 Å². The normalized spacial score (nSPS) is 18.5. The molecule has 14 heteroatoms. The van der Waals surface area contributed by atoms with Gasteiger partial charge in [-0.05, 0) is 19.3 Å². The van der Waals surface area contributed by atoms with E-state index >= 15 is 0 Å². The minimum Gasteiger partial charge on any atom is -0.481 e. The van der Waals surface area contributed by atoms with E-state index in [1.54, 1.807) is 0 Å². The first-order valence-corrected chi connectivity index (χ1v) is 9.48. The highest BCUT2D eigenvalue weighted by molar-refractivity contribution is 5.95. The van der Waals surface area contributed by atoms with Gasteiger partial charge in [0, 0.05) is 13.0 Å². The third-order valence-electron chi connectivity index (χ3n) is 4.66. The highest BCUT2D eigenvalue weighted by Crippen LogP contribution is 2.19. The maximum Gasteiger partial charge on any atom is 0.326 e. The fraction of sp³-hybridized carbons (Fsp3) is 0.647. The standard InChI is InChI=1S/C17H27N5O9/c18-8(7-23)16(29)22-5-1-2-11(22)15(28)20-9(3-4-12(19)24)14(27)21-10(17(30)31)6-13(25)26/h8-11,23H,1-7,18H2,(H2,19,24)(H,20,28)(H,21,27)(H,25,26)(H,30,31). The van der Waals surface area contributed by atoms with Crippen molar-refractivity contribution in [2.75, 3.05) is 13.2 Å². The van der Waals surface area contributed by atoms with Crippen LogP contribution < -0.4 is 22.1 Å². The van der Waals surface area contributed by atoms with Crippen LogP contribution in [-0.4, -0.2) is 93.1 Å². The predicted molar refractivity (Wildman–Crippen MR) is 102 cm³/mol. The molecule has 0 aromatic rings. The third kappa shape index (κ3) is 7.82. The average Bonchev–Trinajstić information content (AvgIpc) is 3.18. The van der Waals surface area contributed by atoms with Gasteiger partial charge in [0.1, 0.15) is 24.2 Å². The van der Waals surface area contributed by atoms with Gasteiger partial charge in [-0.2, -0.15) is 0 Å². The van der Waals surface area contributed by atoms with Crippen molar-refractivity contribution in [3.05, 3.63) is 0 Å². The number of carboxylic acids is 2. The second-order valence-corrected chi connectivity index (χ2v) is 7.04. The van der Waals surface area contributed by atoms with Crippen LogP contribution in [-0.2, 0) is 28.8 Å². The van der Waals surface area contributed by atoms with Gasteiger partial charge in [-0.1, -0.05) is 0 Å². The minimum atomic E-state index is -1.76. The largest absolute Gasteiger partial charge is 0.481 e. The molecular formula is C17H27N5O9. The highest BCUT2D eigenvalue weighted by Gasteiger charge is 2.38. The molecule has 9 N–H and O–H groups in total. The maximum absolute atomic E-state index is 12.7. The van der Waals surface area contributed by atoms with Crippen LogP contribution in [0.15, 0.2) is 0 Å². The zero-order chi connectivity index (χ0) is 23.7. The van der Waals surface area contributed by atoms with Gasteiger partial charge in [0.25, 0.3) is 0 Å². The predicted octanol–water partition coefficient (Wildman–Crippen LogP) is -3.91. The van der Waals surface area contributed by atoms with Crippen molar-refractivity contribution < 1.29 is 44.1 Å². The fourth-order valence-corrected chi connectivity index (χ4v) is 3.06. The molecule has 1 aliphatic heterocycles. The van der Waals surface area contributed by atoms with Crippen molar-refractivity contribution in [3.63, 3.8) is 0 Å². The second-order valence-electron chi connectivity index (χ2n) is 7.04. The van der Waals surface area contributed by atoms with Crippen LogP contribution in [0.3, 0.4) is 0 Å². The summed E-state index contributed by atoms with van der Waals surface area (Å²) < 4.78 is 0. The van der Waals surface area contributed by atoms with Crippen molar-refractivity contribution in [2.24, 2.45) is 11.5 Å². The molecule has 0 aromatic heterocycles. The number of nitrogens with zero attached hydrogens (tertiary/aromatic N) is 1. The molecule has 1 rings (SSSR count). The summed E-state index contributed by atoms with van der Waals surface area (Å²) in [5.74, 6) is -6.26. The van der Waals surface area contributed by atoms with Gasteiger partial charge in [0.15, 0.2) is 0 Å². The summed E-state index contributed by atoms with van der Waals surface area (Å²) in [5.41, 5.74) is 10.6. The van der Waals surface area contributed by atoms with Gasteiger partial charge in [-0.15, -0.1) is 0 Å². The molecule has 0 aliphatic carbocycles. The summed E-state index contributed by atoms with van der Waals surface area (Å²) in [6, 6.07) is -5.36. The Hall–Kier alpha value is -3.26. The summed E-state index contributed by atoms with van der Waals surface area (Å²) in [6.07, 6.45) is -0.765. The molecule has 4 amide bonds. The lowest BCUT2D eigenvalue weighted by Gasteiger charge is -2.28. The lowest BCUT2D eigenvalue weighted by atomic mass is 10.1. The molecule has 1 fully saturated rings. The van der Waals surface area contributed by atoms with Crippen molar-refractivity contribution in [1.82, 2.24) is 15.5 Å². The number of likely N-dealkylation sites (tertiary alicyclic amines) is 1. The topological polar surface area (TPSA) is 242 Å². The highest BCUT2D eigenvalue weighted by atomic mass is 16.4. The first-order chi connectivity index (χ1) is 14.5. The molecule has 0 spiro atoms. The molecule has 0 aromatic carbocycles. The number of carboxylic acid groups (broad SMARTS) is 2. The summed E-state index contributed by atoms with van der Waals surface area (Å²) in [7, 11) is 0. The van der Waals surface area contributed by atoms with Crippen molar-refractivity contribution in [2.45, 2.75) is 56.3 Å². The molecular weight excluding hydrogens is 418 g/mol. The molecule has 1 aliphatic rings. The Morgan fingerprint density at radius 1 is 1.06 bits per heavy atom. The van der Waals surface area contributed by atoms with Crippen LogP contribution in [0, 0.1) is 0 Å². The number of amides is 4. The molecule has 174 valence electrons.